The zero-order valence-electron chi connectivity index (χ0n) is 11.7. The van der Waals surface area contributed by atoms with Crippen molar-refractivity contribution in [3.8, 4) is 11.3 Å². The van der Waals surface area contributed by atoms with Gasteiger partial charge in [-0.2, -0.15) is 0 Å². The van der Waals surface area contributed by atoms with Gasteiger partial charge in [0.15, 0.2) is 4.34 Å². The molecule has 22 heavy (non-hydrogen) atoms. The predicted molar refractivity (Wildman–Crippen MR) is 93.2 cm³/mol. The molecule has 2 aromatic heterocycles. The van der Waals surface area contributed by atoms with Crippen molar-refractivity contribution < 1.29 is 0 Å². The van der Waals surface area contributed by atoms with Crippen molar-refractivity contribution in [1.82, 2.24) is 15.0 Å². The first kappa shape index (κ1) is 13.5. The van der Waals surface area contributed by atoms with Crippen LogP contribution < -0.4 is 0 Å². The van der Waals surface area contributed by atoms with Gasteiger partial charge in [0.25, 0.3) is 0 Å². The standard InChI is InChI=1S/C17H13N3S2/c1-2-6-12(7-3-1)15-10-21-17(20-15)22-11-16-18-13-8-4-5-9-14(13)19-16/h1-10H,11H2,(H,18,19). The monoisotopic (exact) mass is 323 g/mol. The number of rotatable bonds is 4. The second-order valence-electron chi connectivity index (χ2n) is 4.85. The highest BCUT2D eigenvalue weighted by atomic mass is 32.2. The van der Waals surface area contributed by atoms with Gasteiger partial charge in [0.05, 0.1) is 22.5 Å². The van der Waals surface area contributed by atoms with E-state index in [1.165, 1.54) is 0 Å². The molecule has 0 bridgehead atoms. The molecule has 108 valence electrons. The van der Waals surface area contributed by atoms with E-state index in [1.807, 2.05) is 42.5 Å². The van der Waals surface area contributed by atoms with Gasteiger partial charge in [-0.25, -0.2) is 9.97 Å². The van der Waals surface area contributed by atoms with Gasteiger partial charge in [0.2, 0.25) is 0 Å². The Morgan fingerprint density at radius 2 is 1.77 bits per heavy atom. The zero-order chi connectivity index (χ0) is 14.8. The highest BCUT2D eigenvalue weighted by molar-refractivity contribution is 8.00. The smallest absolute Gasteiger partial charge is 0.150 e. The minimum atomic E-state index is 0.802. The number of benzene rings is 2. The van der Waals surface area contributed by atoms with Crippen LogP contribution in [-0.4, -0.2) is 15.0 Å². The van der Waals surface area contributed by atoms with Crippen LogP contribution in [-0.2, 0) is 5.75 Å². The number of hydrogen-bond acceptors (Lipinski definition) is 4. The summed E-state index contributed by atoms with van der Waals surface area (Å²) in [5.74, 6) is 1.79. The third kappa shape index (κ3) is 2.77. The zero-order valence-corrected chi connectivity index (χ0v) is 13.3. The van der Waals surface area contributed by atoms with E-state index >= 15 is 0 Å². The van der Waals surface area contributed by atoms with E-state index in [-0.39, 0.29) is 0 Å². The molecule has 0 saturated heterocycles. The van der Waals surface area contributed by atoms with E-state index in [4.69, 9.17) is 0 Å². The summed E-state index contributed by atoms with van der Waals surface area (Å²) < 4.78 is 1.07. The molecule has 0 fully saturated rings. The van der Waals surface area contributed by atoms with Crippen molar-refractivity contribution in [2.45, 2.75) is 10.1 Å². The number of aromatic amines is 1. The van der Waals surface area contributed by atoms with Gasteiger partial charge in [-0.3, -0.25) is 0 Å². The Morgan fingerprint density at radius 1 is 0.955 bits per heavy atom. The summed E-state index contributed by atoms with van der Waals surface area (Å²) in [7, 11) is 0. The summed E-state index contributed by atoms with van der Waals surface area (Å²) in [5.41, 5.74) is 4.30. The molecule has 0 unspecified atom stereocenters. The largest absolute Gasteiger partial charge is 0.341 e. The number of imidazole rings is 1. The number of H-pyrrole nitrogens is 1. The van der Waals surface area contributed by atoms with E-state index < -0.39 is 0 Å². The van der Waals surface area contributed by atoms with Crippen molar-refractivity contribution in [1.29, 1.82) is 0 Å². The molecule has 0 aliphatic carbocycles. The van der Waals surface area contributed by atoms with Gasteiger partial charge in [-0.05, 0) is 12.1 Å². The van der Waals surface area contributed by atoms with Gasteiger partial charge in [-0.15, -0.1) is 11.3 Å². The molecule has 0 aliphatic rings. The quantitative estimate of drug-likeness (QED) is 0.539. The first-order valence-electron chi connectivity index (χ1n) is 6.96. The second-order valence-corrected chi connectivity index (χ2v) is 6.93. The van der Waals surface area contributed by atoms with Gasteiger partial charge < -0.3 is 4.98 Å². The molecule has 1 N–H and O–H groups in total. The van der Waals surface area contributed by atoms with Crippen LogP contribution in [0.5, 0.6) is 0 Å². The summed E-state index contributed by atoms with van der Waals surface area (Å²) in [5, 5.41) is 2.11. The maximum absolute atomic E-state index is 4.69. The number of para-hydroxylation sites is 2. The molecule has 2 heterocycles. The van der Waals surface area contributed by atoms with Gasteiger partial charge in [-0.1, -0.05) is 54.2 Å². The number of nitrogens with one attached hydrogen (secondary N) is 1. The van der Waals surface area contributed by atoms with Crippen LogP contribution in [0.25, 0.3) is 22.3 Å². The molecule has 4 aromatic rings. The van der Waals surface area contributed by atoms with Crippen LogP contribution in [0.2, 0.25) is 0 Å². The fraction of sp³-hybridized carbons (Fsp3) is 0.0588. The average Bonchev–Trinajstić information content (AvgIpc) is 3.20. The van der Waals surface area contributed by atoms with Crippen molar-refractivity contribution >= 4 is 34.1 Å². The van der Waals surface area contributed by atoms with E-state index in [9.17, 15) is 0 Å². The lowest BCUT2D eigenvalue weighted by Gasteiger charge is -1.95. The Balaban J connectivity index is 1.49. The Morgan fingerprint density at radius 3 is 2.64 bits per heavy atom. The minimum absolute atomic E-state index is 0.802. The molecule has 0 radical (unpaired) electrons. The van der Waals surface area contributed by atoms with Crippen LogP contribution in [0.15, 0.2) is 64.3 Å². The van der Waals surface area contributed by atoms with Crippen LogP contribution in [0.3, 0.4) is 0 Å². The minimum Gasteiger partial charge on any atom is -0.341 e. The first-order valence-corrected chi connectivity index (χ1v) is 8.82. The SMILES string of the molecule is c1ccc(-c2csc(SCc3nc4ccccc4[nH]3)n2)cc1. The van der Waals surface area contributed by atoms with E-state index in [0.717, 1.165) is 38.2 Å². The highest BCUT2D eigenvalue weighted by Crippen LogP contribution is 2.30. The van der Waals surface area contributed by atoms with Crippen LogP contribution in [0.1, 0.15) is 5.82 Å². The summed E-state index contributed by atoms with van der Waals surface area (Å²) in [6, 6.07) is 18.4. The summed E-state index contributed by atoms with van der Waals surface area (Å²) in [6.07, 6.45) is 0. The Kier molecular flexibility index (Phi) is 3.66. The van der Waals surface area contributed by atoms with Gasteiger partial charge in [0.1, 0.15) is 5.82 Å². The van der Waals surface area contributed by atoms with Crippen molar-refractivity contribution in [3.05, 3.63) is 65.8 Å². The van der Waals surface area contributed by atoms with Crippen LogP contribution in [0.4, 0.5) is 0 Å². The third-order valence-electron chi connectivity index (χ3n) is 3.32. The second kappa shape index (κ2) is 5.94. The van der Waals surface area contributed by atoms with E-state index in [2.05, 4.69) is 32.5 Å². The Labute approximate surface area is 136 Å². The average molecular weight is 323 g/mol. The summed E-state index contributed by atoms with van der Waals surface area (Å²) in [6.45, 7) is 0. The first-order chi connectivity index (χ1) is 10.9. The number of thiazole rings is 1. The maximum atomic E-state index is 4.69. The lowest BCUT2D eigenvalue weighted by Crippen LogP contribution is -1.83. The van der Waals surface area contributed by atoms with Gasteiger partial charge in [0, 0.05) is 10.9 Å². The number of thioether (sulfide) groups is 1. The van der Waals surface area contributed by atoms with Crippen LogP contribution in [0, 0.1) is 0 Å². The Hall–Kier alpha value is -2.11. The molecule has 0 saturated carbocycles. The molecule has 0 atom stereocenters. The maximum Gasteiger partial charge on any atom is 0.150 e. The van der Waals surface area contributed by atoms with Crippen molar-refractivity contribution in [2.75, 3.05) is 0 Å². The molecule has 5 heteroatoms. The fourth-order valence-corrected chi connectivity index (χ4v) is 3.97. The molecule has 0 aliphatic heterocycles. The van der Waals surface area contributed by atoms with E-state index in [0.29, 0.717) is 0 Å². The normalized spacial score (nSPS) is 11.1. The molecular weight excluding hydrogens is 310 g/mol. The van der Waals surface area contributed by atoms with Gasteiger partial charge >= 0.3 is 0 Å². The number of hydrogen-bond donors (Lipinski definition) is 1. The molecule has 0 amide bonds. The Bertz CT molecular complexity index is 863. The lowest BCUT2D eigenvalue weighted by atomic mass is 10.2. The third-order valence-corrected chi connectivity index (χ3v) is 5.36. The lowest BCUT2D eigenvalue weighted by molar-refractivity contribution is 1.13. The molecule has 2 aromatic carbocycles. The molecule has 3 nitrogen and oxygen atoms in total. The predicted octanol–water partition coefficient (Wildman–Crippen LogP) is 4.98. The fourth-order valence-electron chi connectivity index (χ4n) is 2.27. The molecule has 0 spiro atoms. The number of nitrogens with zero attached hydrogens (tertiary/aromatic N) is 2. The number of aromatic nitrogens is 3. The van der Waals surface area contributed by atoms with Crippen molar-refractivity contribution in [2.24, 2.45) is 0 Å². The van der Waals surface area contributed by atoms with Crippen LogP contribution >= 0.6 is 23.1 Å². The number of fused-ring (bicyclic) bond motifs is 1. The summed E-state index contributed by atoms with van der Waals surface area (Å²) in [4.78, 5) is 12.6. The topological polar surface area (TPSA) is 41.6 Å². The summed E-state index contributed by atoms with van der Waals surface area (Å²) >= 11 is 3.40. The highest BCUT2D eigenvalue weighted by Gasteiger charge is 2.07. The molecular formula is C17H13N3S2. The molecule has 4 rings (SSSR count). The van der Waals surface area contributed by atoms with E-state index in [1.54, 1.807) is 23.1 Å². The van der Waals surface area contributed by atoms with Crippen molar-refractivity contribution in [3.63, 3.8) is 0 Å².